The first-order valence-electron chi connectivity index (χ1n) is 5.31. The molecule has 1 aromatic heterocycles. The molecule has 0 aliphatic heterocycles. The smallest absolute Gasteiger partial charge is 0.460 e. The number of nitrogens with one attached hydrogen (secondary N) is 1. The van der Waals surface area contributed by atoms with Crippen LogP contribution in [-0.2, 0) is 4.74 Å². The number of hydrogen-bond donors (Lipinski definition) is 1. The van der Waals surface area contributed by atoms with Gasteiger partial charge in [-0.05, 0) is 19.1 Å². The number of benzene rings is 1. The molecule has 0 amide bonds. The number of carbonyl (C=O) groups excluding carboxylic acids is 1. The van der Waals surface area contributed by atoms with Gasteiger partial charge >= 0.3 is 12.3 Å². The van der Waals surface area contributed by atoms with Crippen LogP contribution in [0.15, 0.2) is 18.2 Å². The van der Waals surface area contributed by atoms with E-state index in [2.05, 4.69) is 14.7 Å². The Morgan fingerprint density at radius 1 is 1.42 bits per heavy atom. The third-order valence-corrected chi connectivity index (χ3v) is 2.16. The van der Waals surface area contributed by atoms with Crippen LogP contribution in [0.2, 0.25) is 0 Å². The number of aromatic amines is 1. The van der Waals surface area contributed by atoms with E-state index in [0.717, 1.165) is 12.1 Å². The average Bonchev–Trinajstić information content (AvgIpc) is 2.70. The number of nitrogens with zero attached hydrogens (tertiary/aromatic N) is 1. The molecule has 102 valence electrons. The Balaban J connectivity index is 2.31. The molecule has 0 saturated carbocycles. The summed E-state index contributed by atoms with van der Waals surface area (Å²) in [6.07, 6.45) is -4.77. The first-order chi connectivity index (χ1) is 8.89. The van der Waals surface area contributed by atoms with Gasteiger partial charge in [0.15, 0.2) is 0 Å². The number of carbonyl (C=O) groups is 1. The zero-order valence-electron chi connectivity index (χ0n) is 9.75. The van der Waals surface area contributed by atoms with Crippen molar-refractivity contribution in [2.75, 3.05) is 6.61 Å². The minimum absolute atomic E-state index is 0.0685. The highest BCUT2D eigenvalue weighted by molar-refractivity contribution is 5.90. The number of aromatic nitrogens is 2. The zero-order valence-corrected chi connectivity index (χ0v) is 9.75. The second-order valence-corrected chi connectivity index (χ2v) is 3.53. The van der Waals surface area contributed by atoms with E-state index >= 15 is 0 Å². The van der Waals surface area contributed by atoms with E-state index in [1.807, 2.05) is 0 Å². The molecule has 1 aromatic carbocycles. The summed E-state index contributed by atoms with van der Waals surface area (Å²) in [5.41, 5.74) is 0.599. The maximum absolute atomic E-state index is 12.1. The molecular formula is C11H9F3N2O3. The molecular weight excluding hydrogens is 265 g/mol. The molecule has 1 N–H and O–H groups in total. The van der Waals surface area contributed by atoms with Crippen molar-refractivity contribution in [2.24, 2.45) is 0 Å². The first-order valence-corrected chi connectivity index (χ1v) is 5.31. The van der Waals surface area contributed by atoms with Gasteiger partial charge in [-0.3, -0.25) is 0 Å². The van der Waals surface area contributed by atoms with Gasteiger partial charge in [0, 0.05) is 6.07 Å². The average molecular weight is 274 g/mol. The molecule has 0 atom stereocenters. The fourth-order valence-corrected chi connectivity index (χ4v) is 1.48. The van der Waals surface area contributed by atoms with Crippen molar-refractivity contribution >= 4 is 17.0 Å². The van der Waals surface area contributed by atoms with Crippen molar-refractivity contribution in [3.63, 3.8) is 0 Å². The normalized spacial score (nSPS) is 11.6. The number of H-pyrrole nitrogens is 1. The molecule has 19 heavy (non-hydrogen) atoms. The van der Waals surface area contributed by atoms with E-state index in [9.17, 15) is 18.0 Å². The molecule has 0 aliphatic carbocycles. The predicted molar refractivity (Wildman–Crippen MR) is 58.7 cm³/mol. The van der Waals surface area contributed by atoms with Crippen LogP contribution in [0.4, 0.5) is 13.2 Å². The molecule has 8 heteroatoms. The van der Waals surface area contributed by atoms with E-state index in [-0.39, 0.29) is 23.7 Å². The van der Waals surface area contributed by atoms with Gasteiger partial charge in [0.2, 0.25) is 5.82 Å². The second kappa shape index (κ2) is 4.79. The van der Waals surface area contributed by atoms with E-state index in [4.69, 9.17) is 4.74 Å². The first kappa shape index (κ1) is 13.2. The van der Waals surface area contributed by atoms with Gasteiger partial charge in [-0.2, -0.15) is 0 Å². The monoisotopic (exact) mass is 274 g/mol. The van der Waals surface area contributed by atoms with Crippen LogP contribution in [0.5, 0.6) is 5.75 Å². The number of rotatable bonds is 3. The van der Waals surface area contributed by atoms with Crippen LogP contribution < -0.4 is 4.74 Å². The number of fused-ring (bicyclic) bond motifs is 1. The molecule has 0 spiro atoms. The van der Waals surface area contributed by atoms with Gasteiger partial charge < -0.3 is 14.5 Å². The maximum atomic E-state index is 12.1. The van der Waals surface area contributed by atoms with Crippen molar-refractivity contribution in [3.8, 4) is 5.75 Å². The summed E-state index contributed by atoms with van der Waals surface area (Å²) in [4.78, 5) is 17.9. The zero-order chi connectivity index (χ0) is 14.0. The lowest BCUT2D eigenvalue weighted by molar-refractivity contribution is -0.274. The van der Waals surface area contributed by atoms with Gasteiger partial charge in [0.25, 0.3) is 0 Å². The van der Waals surface area contributed by atoms with Crippen LogP contribution in [0.25, 0.3) is 11.0 Å². The Morgan fingerprint density at radius 2 is 2.16 bits per heavy atom. The largest absolute Gasteiger partial charge is 0.573 e. The van der Waals surface area contributed by atoms with Gasteiger partial charge in [-0.25, -0.2) is 9.78 Å². The van der Waals surface area contributed by atoms with Gasteiger partial charge in [-0.15, -0.1) is 13.2 Å². The van der Waals surface area contributed by atoms with Crippen molar-refractivity contribution in [1.82, 2.24) is 9.97 Å². The fourth-order valence-electron chi connectivity index (χ4n) is 1.48. The highest BCUT2D eigenvalue weighted by atomic mass is 19.4. The molecule has 0 radical (unpaired) electrons. The number of hydrogen-bond acceptors (Lipinski definition) is 4. The second-order valence-electron chi connectivity index (χ2n) is 3.53. The predicted octanol–water partition coefficient (Wildman–Crippen LogP) is 2.64. The maximum Gasteiger partial charge on any atom is 0.573 e. The molecule has 0 fully saturated rings. The highest BCUT2D eigenvalue weighted by Crippen LogP contribution is 2.25. The molecule has 0 saturated heterocycles. The van der Waals surface area contributed by atoms with Gasteiger partial charge in [-0.1, -0.05) is 0 Å². The Hall–Kier alpha value is -2.25. The molecule has 0 aliphatic rings. The highest BCUT2D eigenvalue weighted by Gasteiger charge is 2.31. The minimum atomic E-state index is -4.77. The van der Waals surface area contributed by atoms with E-state index in [0.29, 0.717) is 5.52 Å². The van der Waals surface area contributed by atoms with Crippen LogP contribution in [-0.4, -0.2) is 28.9 Å². The van der Waals surface area contributed by atoms with Gasteiger partial charge in [0.1, 0.15) is 5.75 Å². The quantitative estimate of drug-likeness (QED) is 0.874. The van der Waals surface area contributed by atoms with Crippen molar-refractivity contribution < 1.29 is 27.4 Å². The third kappa shape index (κ3) is 3.15. The van der Waals surface area contributed by atoms with E-state index in [1.54, 1.807) is 6.92 Å². The molecule has 2 rings (SSSR count). The molecule has 1 heterocycles. The summed E-state index contributed by atoms with van der Waals surface area (Å²) < 4.78 is 44.6. The van der Waals surface area contributed by atoms with Crippen molar-refractivity contribution in [2.45, 2.75) is 13.3 Å². The lowest BCUT2D eigenvalue weighted by Gasteiger charge is -2.07. The summed E-state index contributed by atoms with van der Waals surface area (Å²) >= 11 is 0. The van der Waals surface area contributed by atoms with E-state index in [1.165, 1.54) is 6.07 Å². The number of halogens is 3. The van der Waals surface area contributed by atoms with Gasteiger partial charge in [0.05, 0.1) is 17.6 Å². The fraction of sp³-hybridized carbons (Fsp3) is 0.273. The summed E-state index contributed by atoms with van der Waals surface area (Å²) in [5.74, 6) is -1.13. The summed E-state index contributed by atoms with van der Waals surface area (Å²) in [7, 11) is 0. The van der Waals surface area contributed by atoms with Crippen LogP contribution in [0, 0.1) is 0 Å². The molecule has 5 nitrogen and oxygen atoms in total. The number of ether oxygens (including phenoxy) is 2. The summed E-state index contributed by atoms with van der Waals surface area (Å²) in [6.45, 7) is 1.81. The minimum Gasteiger partial charge on any atom is -0.460 e. The molecule has 0 bridgehead atoms. The SMILES string of the molecule is CCOC(=O)c1nc2ccc(OC(F)(F)F)cc2[nH]1. The number of esters is 1. The summed E-state index contributed by atoms with van der Waals surface area (Å²) in [6, 6.07) is 3.54. The Bertz CT molecular complexity index is 607. The Labute approximate surface area is 105 Å². The third-order valence-electron chi connectivity index (χ3n) is 2.16. The van der Waals surface area contributed by atoms with Crippen LogP contribution >= 0.6 is 0 Å². The Morgan fingerprint density at radius 3 is 2.79 bits per heavy atom. The van der Waals surface area contributed by atoms with Crippen LogP contribution in [0.1, 0.15) is 17.5 Å². The summed E-state index contributed by atoms with van der Waals surface area (Å²) in [5, 5.41) is 0. The Kier molecular flexibility index (Phi) is 3.32. The molecule has 2 aromatic rings. The standard InChI is InChI=1S/C11H9F3N2O3/c1-2-18-10(17)9-15-7-4-3-6(5-8(7)16-9)19-11(12,13)14/h3-5H,2H2,1H3,(H,15,16). The van der Waals surface area contributed by atoms with Crippen molar-refractivity contribution in [1.29, 1.82) is 0 Å². The van der Waals surface area contributed by atoms with Crippen molar-refractivity contribution in [3.05, 3.63) is 24.0 Å². The lowest BCUT2D eigenvalue weighted by atomic mass is 10.3. The lowest BCUT2D eigenvalue weighted by Crippen LogP contribution is -2.16. The van der Waals surface area contributed by atoms with E-state index < -0.39 is 12.3 Å². The topological polar surface area (TPSA) is 64.2 Å². The van der Waals surface area contributed by atoms with Crippen LogP contribution in [0.3, 0.4) is 0 Å². The molecule has 0 unspecified atom stereocenters. The number of alkyl halides is 3. The number of imidazole rings is 1.